The molecule has 0 aliphatic carbocycles. The summed E-state index contributed by atoms with van der Waals surface area (Å²) in [6.45, 7) is 0. The fraction of sp³-hybridized carbons (Fsp3) is 0. The molecule has 0 unspecified atom stereocenters. The van der Waals surface area contributed by atoms with Crippen LogP contribution in [0.1, 0.15) is 5.56 Å². The van der Waals surface area contributed by atoms with Crippen LogP contribution < -0.4 is 11.1 Å². The minimum Gasteiger partial charge on any atom is -0.478 e. The molecular weight excluding hydrogens is 196 g/mol. The minimum absolute atomic E-state index is 0.523. The highest BCUT2D eigenvalue weighted by Crippen LogP contribution is 2.11. The molecule has 2 amide bonds. The number of amides is 2. The minimum atomic E-state index is -1.02. The van der Waals surface area contributed by atoms with E-state index in [1.165, 1.54) is 6.08 Å². The van der Waals surface area contributed by atoms with E-state index in [2.05, 4.69) is 5.32 Å². The molecule has 0 aliphatic heterocycles. The molecule has 78 valence electrons. The smallest absolute Gasteiger partial charge is 0.328 e. The summed E-state index contributed by atoms with van der Waals surface area (Å²) in [6, 6.07) is 6.01. The Labute approximate surface area is 86.2 Å². The van der Waals surface area contributed by atoms with Gasteiger partial charge in [-0.05, 0) is 23.8 Å². The molecule has 1 aromatic rings. The summed E-state index contributed by atoms with van der Waals surface area (Å²) in [6.07, 6.45) is 2.44. The van der Waals surface area contributed by atoms with Gasteiger partial charge in [-0.1, -0.05) is 12.1 Å². The largest absolute Gasteiger partial charge is 0.478 e. The Balaban J connectivity index is 2.82. The van der Waals surface area contributed by atoms with Crippen molar-refractivity contribution < 1.29 is 14.7 Å². The van der Waals surface area contributed by atoms with Gasteiger partial charge in [0.1, 0.15) is 0 Å². The number of carboxylic acid groups (broad SMARTS) is 1. The molecule has 0 saturated heterocycles. The first kappa shape index (κ1) is 10.8. The van der Waals surface area contributed by atoms with Crippen molar-refractivity contribution in [3.8, 4) is 0 Å². The molecule has 1 aromatic carbocycles. The van der Waals surface area contributed by atoms with Gasteiger partial charge in [0, 0.05) is 11.8 Å². The fourth-order valence-corrected chi connectivity index (χ4v) is 1.03. The molecule has 15 heavy (non-hydrogen) atoms. The number of carbonyl (C=O) groups is 2. The lowest BCUT2D eigenvalue weighted by molar-refractivity contribution is -0.131. The van der Waals surface area contributed by atoms with Gasteiger partial charge in [-0.25, -0.2) is 9.59 Å². The summed E-state index contributed by atoms with van der Waals surface area (Å²) in [5, 5.41) is 10.8. The third-order valence-corrected chi connectivity index (χ3v) is 1.57. The van der Waals surface area contributed by atoms with Crippen LogP contribution in [0.25, 0.3) is 6.08 Å². The molecule has 5 heteroatoms. The van der Waals surface area contributed by atoms with Gasteiger partial charge in [-0.3, -0.25) is 0 Å². The molecule has 0 bridgehead atoms. The number of rotatable bonds is 3. The van der Waals surface area contributed by atoms with E-state index in [1.54, 1.807) is 24.3 Å². The highest BCUT2D eigenvalue weighted by molar-refractivity contribution is 5.89. The van der Waals surface area contributed by atoms with Crippen molar-refractivity contribution >= 4 is 23.8 Å². The van der Waals surface area contributed by atoms with E-state index < -0.39 is 12.0 Å². The molecule has 4 N–H and O–H groups in total. The quantitative estimate of drug-likeness (QED) is 0.650. The third-order valence-electron chi connectivity index (χ3n) is 1.57. The first-order valence-corrected chi connectivity index (χ1v) is 4.15. The van der Waals surface area contributed by atoms with E-state index in [-0.39, 0.29) is 0 Å². The molecule has 0 saturated carbocycles. The zero-order valence-corrected chi connectivity index (χ0v) is 7.81. The Bertz CT molecular complexity index is 413. The second kappa shape index (κ2) is 4.80. The lowest BCUT2D eigenvalue weighted by Gasteiger charge is -2.01. The van der Waals surface area contributed by atoms with E-state index >= 15 is 0 Å². The zero-order valence-electron chi connectivity index (χ0n) is 7.81. The molecule has 0 fully saturated rings. The Morgan fingerprint density at radius 1 is 1.40 bits per heavy atom. The number of hydrogen-bond acceptors (Lipinski definition) is 2. The Morgan fingerprint density at radius 3 is 2.73 bits per heavy atom. The van der Waals surface area contributed by atoms with E-state index in [9.17, 15) is 9.59 Å². The van der Waals surface area contributed by atoms with Gasteiger partial charge in [0.15, 0.2) is 0 Å². The number of benzene rings is 1. The second-order valence-corrected chi connectivity index (χ2v) is 2.79. The number of anilines is 1. The van der Waals surface area contributed by atoms with Crippen molar-refractivity contribution in [3.63, 3.8) is 0 Å². The second-order valence-electron chi connectivity index (χ2n) is 2.79. The zero-order chi connectivity index (χ0) is 11.3. The number of urea groups is 1. The summed E-state index contributed by atoms with van der Waals surface area (Å²) in [4.78, 5) is 20.8. The van der Waals surface area contributed by atoms with Crippen LogP contribution in [0.5, 0.6) is 0 Å². The van der Waals surface area contributed by atoms with Gasteiger partial charge in [-0.2, -0.15) is 0 Å². The first-order chi connectivity index (χ1) is 7.08. The highest BCUT2D eigenvalue weighted by Gasteiger charge is 1.96. The van der Waals surface area contributed by atoms with E-state index in [1.807, 2.05) is 0 Å². The van der Waals surface area contributed by atoms with Crippen LogP contribution in [-0.2, 0) is 4.79 Å². The molecule has 5 nitrogen and oxygen atoms in total. The number of nitrogens with two attached hydrogens (primary N) is 1. The van der Waals surface area contributed by atoms with Gasteiger partial charge >= 0.3 is 12.0 Å². The number of carbonyl (C=O) groups excluding carboxylic acids is 1. The topological polar surface area (TPSA) is 92.4 Å². The summed E-state index contributed by atoms with van der Waals surface area (Å²) >= 11 is 0. The van der Waals surface area contributed by atoms with Crippen molar-refractivity contribution in [1.29, 1.82) is 0 Å². The van der Waals surface area contributed by atoms with E-state index in [4.69, 9.17) is 10.8 Å². The monoisotopic (exact) mass is 206 g/mol. The highest BCUT2D eigenvalue weighted by atomic mass is 16.4. The van der Waals surface area contributed by atoms with Gasteiger partial charge in [0.2, 0.25) is 0 Å². The summed E-state index contributed by atoms with van der Waals surface area (Å²) in [7, 11) is 0. The van der Waals surface area contributed by atoms with Crippen molar-refractivity contribution in [2.45, 2.75) is 0 Å². The maximum absolute atomic E-state index is 10.5. The standard InChI is InChI=1S/C10H10N2O3/c11-10(15)12-8-3-1-2-7(6-8)4-5-9(13)14/h1-6H,(H,13,14)(H3,11,12,15)/b5-4+. The van der Waals surface area contributed by atoms with E-state index in [0.29, 0.717) is 11.3 Å². The number of nitrogens with one attached hydrogen (secondary N) is 1. The normalized spacial score (nSPS) is 10.1. The summed E-state index contributed by atoms with van der Waals surface area (Å²) in [5.74, 6) is -1.02. The maximum atomic E-state index is 10.5. The number of hydrogen-bond donors (Lipinski definition) is 3. The van der Waals surface area contributed by atoms with E-state index in [0.717, 1.165) is 6.08 Å². The van der Waals surface area contributed by atoms with Crippen molar-refractivity contribution in [3.05, 3.63) is 35.9 Å². The van der Waals surface area contributed by atoms with Crippen molar-refractivity contribution in [2.24, 2.45) is 5.73 Å². The van der Waals surface area contributed by atoms with Crippen LogP contribution in [0.3, 0.4) is 0 Å². The van der Waals surface area contributed by atoms with Gasteiger partial charge < -0.3 is 16.2 Å². The predicted molar refractivity (Wildman–Crippen MR) is 56.3 cm³/mol. The first-order valence-electron chi connectivity index (χ1n) is 4.15. The Kier molecular flexibility index (Phi) is 3.45. The number of primary amides is 1. The maximum Gasteiger partial charge on any atom is 0.328 e. The average molecular weight is 206 g/mol. The summed E-state index contributed by atoms with van der Waals surface area (Å²) < 4.78 is 0. The Morgan fingerprint density at radius 2 is 2.13 bits per heavy atom. The SMILES string of the molecule is NC(=O)Nc1cccc(/C=C/C(=O)O)c1. The van der Waals surface area contributed by atoms with Crippen LogP contribution >= 0.6 is 0 Å². The van der Waals surface area contributed by atoms with Crippen LogP contribution in [0.2, 0.25) is 0 Å². The number of carboxylic acids is 1. The third kappa shape index (κ3) is 3.95. The average Bonchev–Trinajstić information content (AvgIpc) is 2.14. The molecule has 0 atom stereocenters. The Hall–Kier alpha value is -2.30. The van der Waals surface area contributed by atoms with Gasteiger partial charge in [-0.15, -0.1) is 0 Å². The fourth-order valence-electron chi connectivity index (χ4n) is 1.03. The lowest BCUT2D eigenvalue weighted by atomic mass is 10.2. The van der Waals surface area contributed by atoms with Crippen LogP contribution in [0.4, 0.5) is 10.5 Å². The molecule has 0 radical (unpaired) electrons. The van der Waals surface area contributed by atoms with Crippen LogP contribution in [0, 0.1) is 0 Å². The van der Waals surface area contributed by atoms with Crippen molar-refractivity contribution in [1.82, 2.24) is 0 Å². The molecule has 0 aliphatic rings. The predicted octanol–water partition coefficient (Wildman–Crippen LogP) is 1.28. The number of aliphatic carboxylic acids is 1. The van der Waals surface area contributed by atoms with Crippen LogP contribution in [0.15, 0.2) is 30.3 Å². The molecule has 0 spiro atoms. The molecule has 0 aromatic heterocycles. The van der Waals surface area contributed by atoms with Gasteiger partial charge in [0.05, 0.1) is 0 Å². The summed E-state index contributed by atoms with van der Waals surface area (Å²) in [5.41, 5.74) is 6.13. The lowest BCUT2D eigenvalue weighted by Crippen LogP contribution is -2.19. The molecule has 0 heterocycles. The molecular formula is C10H10N2O3. The van der Waals surface area contributed by atoms with Gasteiger partial charge in [0.25, 0.3) is 0 Å². The molecule has 1 rings (SSSR count). The van der Waals surface area contributed by atoms with Crippen molar-refractivity contribution in [2.75, 3.05) is 5.32 Å². The van der Waals surface area contributed by atoms with Crippen LogP contribution in [-0.4, -0.2) is 17.1 Å².